The number of hydrogen-bond donors (Lipinski definition) is 10. The number of para-hydroxylation sites is 2. The third-order valence-corrected chi connectivity index (χ3v) is 22.7. The van der Waals surface area contributed by atoms with Crippen molar-refractivity contribution in [3.05, 3.63) is 154 Å². The predicted molar refractivity (Wildman–Crippen MR) is 343 cm³/mol. The normalized spacial score (nSPS) is 33.6. The summed E-state index contributed by atoms with van der Waals surface area (Å²) in [6.45, 7) is 0. The summed E-state index contributed by atoms with van der Waals surface area (Å²) in [5.41, 5.74) is 2.82. The van der Waals surface area contributed by atoms with Crippen molar-refractivity contribution in [3.8, 4) is 0 Å². The first-order valence-electron chi connectivity index (χ1n) is 32.6. The number of pyridine rings is 2. The van der Waals surface area contributed by atoms with Crippen molar-refractivity contribution < 1.29 is 0 Å². The van der Waals surface area contributed by atoms with Crippen LogP contribution in [0.25, 0.3) is 86.7 Å². The largest absolute Gasteiger partial charge is 0.354 e. The number of fused-ring (bicyclic) bond motifs is 26. The Labute approximate surface area is 490 Å². The summed E-state index contributed by atoms with van der Waals surface area (Å²) < 4.78 is 0. The van der Waals surface area contributed by atoms with Crippen LogP contribution < -0.4 is 53.4 Å². The summed E-state index contributed by atoms with van der Waals surface area (Å²) in [4.78, 5) is 32.1. The lowest BCUT2D eigenvalue weighted by Crippen LogP contribution is -2.61. The first-order valence-corrected chi connectivity index (χ1v) is 32.6. The smallest absolute Gasteiger partial charge is 0.197 e. The molecule has 10 aromatic rings. The molecule has 9 fully saturated rings. The predicted octanol–water partition coefficient (Wildman–Crippen LogP) is 12.0. The van der Waals surface area contributed by atoms with Gasteiger partial charge in [-0.05, 0) is 178 Å². The first-order chi connectivity index (χ1) is 41.5. The number of hydrogen-bond acceptors (Lipinski definition) is 10. The first kappa shape index (κ1) is 52.0. The number of aromatic nitrogens is 2. The zero-order valence-electron chi connectivity index (χ0n) is 48.1. The molecule has 7 heterocycles. The SMILES string of the molecule is C1CCC2C3NC(NC4NC(NC5NC(NC6NC(N3)C3CCCCC63)C3CCCCC53)C3CCCCC43)C2C1.O=c1c2ccccc2[nH]c2cc3c(=O)c4ccccc4[nH]c3cc12.c1cc2cccc3c4cccc5cccc(c(c1)c23)c54. The fourth-order valence-corrected chi connectivity index (χ4v) is 18.9. The van der Waals surface area contributed by atoms with Gasteiger partial charge in [-0.15, -0.1) is 0 Å². The molecule has 4 aliphatic carbocycles. The number of H-pyrrole nitrogens is 2. The van der Waals surface area contributed by atoms with Crippen LogP contribution in [0.1, 0.15) is 103 Å². The number of benzene rings is 8. The highest BCUT2D eigenvalue weighted by Gasteiger charge is 2.54. The molecule has 0 radical (unpaired) electrons. The minimum Gasteiger partial charge on any atom is -0.354 e. The van der Waals surface area contributed by atoms with Gasteiger partial charge in [-0.3, -0.25) is 52.1 Å². The van der Waals surface area contributed by atoms with Crippen LogP contribution in [0.15, 0.2) is 143 Å². The van der Waals surface area contributed by atoms with Gasteiger partial charge in [-0.2, -0.15) is 0 Å². The molecule has 84 heavy (non-hydrogen) atoms. The Hall–Kier alpha value is -6.32. The van der Waals surface area contributed by atoms with E-state index in [4.69, 9.17) is 0 Å². The average molecular weight is 1120 g/mol. The van der Waals surface area contributed by atoms with Gasteiger partial charge in [0.15, 0.2) is 10.9 Å². The Morgan fingerprint density at radius 3 is 0.750 bits per heavy atom. The van der Waals surface area contributed by atoms with E-state index < -0.39 is 0 Å². The van der Waals surface area contributed by atoms with Gasteiger partial charge in [-0.25, -0.2) is 0 Å². The molecule has 12 nitrogen and oxygen atoms in total. The van der Waals surface area contributed by atoms with Gasteiger partial charge in [0.2, 0.25) is 0 Å². The van der Waals surface area contributed by atoms with E-state index in [9.17, 15) is 9.59 Å². The van der Waals surface area contributed by atoms with Crippen LogP contribution in [0.2, 0.25) is 0 Å². The molecular weight excluding hydrogens is 1040 g/mol. The molecule has 8 unspecified atom stereocenters. The van der Waals surface area contributed by atoms with Crippen LogP contribution in [0, 0.1) is 47.3 Å². The second-order valence-corrected chi connectivity index (χ2v) is 27.0. The molecule has 4 saturated carbocycles. The fraction of sp³-hybridized carbons (Fsp3) is 0.444. The minimum atomic E-state index is -0.0322. The molecule has 430 valence electrons. The molecule has 8 aromatic carbocycles. The van der Waals surface area contributed by atoms with Crippen LogP contribution >= 0.6 is 0 Å². The second-order valence-electron chi connectivity index (χ2n) is 27.0. The highest BCUT2D eigenvalue weighted by Crippen LogP contribution is 2.46. The Balaban J connectivity index is 0.000000107. The zero-order chi connectivity index (χ0) is 55.6. The van der Waals surface area contributed by atoms with E-state index in [0.717, 1.165) is 58.4 Å². The van der Waals surface area contributed by atoms with Gasteiger partial charge < -0.3 is 9.97 Å². The van der Waals surface area contributed by atoms with Gasteiger partial charge in [0.05, 0.1) is 60.4 Å². The number of aromatic amines is 2. The van der Waals surface area contributed by atoms with Crippen molar-refractivity contribution in [3.63, 3.8) is 0 Å². The molecule has 8 bridgehead atoms. The van der Waals surface area contributed by atoms with Gasteiger partial charge in [-0.1, -0.05) is 148 Å². The second kappa shape index (κ2) is 21.3. The maximum atomic E-state index is 12.8. The quantitative estimate of drug-likeness (QED) is 0.0523. The highest BCUT2D eigenvalue weighted by atomic mass is 16.1. The Morgan fingerprint density at radius 2 is 0.488 bits per heavy atom. The minimum absolute atomic E-state index is 0.0322. The molecule has 0 spiro atoms. The Kier molecular flexibility index (Phi) is 13.2. The standard InChI is InChI=1S/C32H56N8.C20H12N2O2.C20H12/c1-2-10-18-17(9-1)25-33-26(18)38-28-21-13-5-6-14-22(21)30(35-28)40-32-24-16-8-7-15-23(24)31(36-32)39-29-20-12-4-3-11-19(20)27(34-29)37-25;23-19-11-5-1-3-7-15(11)21-17-10-14-18(9-13(17)19)22-16-8-4-2-6-12(16)20(14)24;1-5-13-6-2-11-17-18-12-4-8-14-7-3-10-16(20(14)18)15(9-1)19(13)17/h17-40H,1-16H2;1-10H,(H,21,23)(H,22,24);1-12H. The van der Waals surface area contributed by atoms with Crippen molar-refractivity contribution in [1.82, 2.24) is 52.5 Å². The number of rotatable bonds is 0. The molecule has 5 aliphatic heterocycles. The molecule has 5 saturated heterocycles. The van der Waals surface area contributed by atoms with E-state index in [2.05, 4.69) is 125 Å². The third-order valence-electron chi connectivity index (χ3n) is 22.7. The summed E-state index contributed by atoms with van der Waals surface area (Å²) in [7, 11) is 0. The molecule has 10 N–H and O–H groups in total. The molecule has 0 amide bonds. The van der Waals surface area contributed by atoms with Crippen LogP contribution in [0.3, 0.4) is 0 Å². The summed E-state index contributed by atoms with van der Waals surface area (Å²) in [5, 5.41) is 47.1. The fourth-order valence-electron chi connectivity index (χ4n) is 18.9. The van der Waals surface area contributed by atoms with Crippen molar-refractivity contribution in [1.29, 1.82) is 0 Å². The molecule has 8 atom stereocenters. The molecule has 2 aromatic heterocycles. The average Bonchev–Trinajstić information content (AvgIpc) is 1.82. The van der Waals surface area contributed by atoms with E-state index >= 15 is 0 Å². The van der Waals surface area contributed by atoms with Crippen LogP contribution in [0.5, 0.6) is 0 Å². The Morgan fingerprint density at radius 1 is 0.250 bits per heavy atom. The van der Waals surface area contributed by atoms with Gasteiger partial charge in [0.25, 0.3) is 0 Å². The van der Waals surface area contributed by atoms with E-state index in [1.54, 1.807) is 24.3 Å². The van der Waals surface area contributed by atoms with Crippen LogP contribution in [-0.2, 0) is 0 Å². The van der Waals surface area contributed by atoms with Gasteiger partial charge >= 0.3 is 0 Å². The summed E-state index contributed by atoms with van der Waals surface area (Å²) in [6, 6.07) is 44.8. The van der Waals surface area contributed by atoms with Crippen molar-refractivity contribution >= 4 is 86.7 Å². The third kappa shape index (κ3) is 8.75. The monoisotopic (exact) mass is 1120 g/mol. The maximum Gasteiger partial charge on any atom is 0.197 e. The van der Waals surface area contributed by atoms with E-state index in [1.165, 1.54) is 146 Å². The Bertz CT molecular complexity index is 3770. The molecule has 9 aliphatic rings. The van der Waals surface area contributed by atoms with Crippen LogP contribution in [0.4, 0.5) is 0 Å². The van der Waals surface area contributed by atoms with Crippen molar-refractivity contribution in [2.24, 2.45) is 47.3 Å². The highest BCUT2D eigenvalue weighted by molar-refractivity contribution is 6.32. The lowest BCUT2D eigenvalue weighted by atomic mass is 9.76. The van der Waals surface area contributed by atoms with Crippen molar-refractivity contribution in [2.45, 2.75) is 152 Å². The van der Waals surface area contributed by atoms with E-state index in [-0.39, 0.29) is 10.9 Å². The summed E-state index contributed by atoms with van der Waals surface area (Å²) in [5.74, 6) is 5.97. The molecular formula is C72H80N10O2. The maximum absolute atomic E-state index is 12.8. The molecule has 19 rings (SSSR count). The topological polar surface area (TPSA) is 162 Å². The van der Waals surface area contributed by atoms with Crippen LogP contribution in [-0.4, -0.2) is 59.3 Å². The van der Waals surface area contributed by atoms with E-state index in [1.807, 2.05) is 36.4 Å². The lowest BCUT2D eigenvalue weighted by molar-refractivity contribution is 0.167. The summed E-state index contributed by atoms with van der Waals surface area (Å²) >= 11 is 0. The van der Waals surface area contributed by atoms with Gasteiger partial charge in [0.1, 0.15) is 0 Å². The van der Waals surface area contributed by atoms with Gasteiger partial charge in [0, 0.05) is 32.6 Å². The molecule has 12 heteroatoms. The van der Waals surface area contributed by atoms with Crippen molar-refractivity contribution in [2.75, 3.05) is 0 Å². The number of nitrogens with one attached hydrogen (secondary N) is 10. The van der Waals surface area contributed by atoms with E-state index in [0.29, 0.717) is 81.9 Å². The zero-order valence-corrected chi connectivity index (χ0v) is 48.1. The summed E-state index contributed by atoms with van der Waals surface area (Å²) in [6.07, 6.45) is 25.6. The lowest BCUT2D eigenvalue weighted by Gasteiger charge is -2.35.